The smallest absolute Gasteiger partial charge is 0.330 e. The molecule has 1 aliphatic rings. The first-order valence-corrected chi connectivity index (χ1v) is 12.2. The number of hydrogen-bond acceptors (Lipinski definition) is 8. The highest BCUT2D eigenvalue weighted by atomic mass is 16.5. The van der Waals surface area contributed by atoms with Crippen molar-refractivity contribution in [3.05, 3.63) is 111 Å². The number of aliphatic hydroxyl groups excluding tert-OH is 1. The minimum absolute atomic E-state index is 0.186. The van der Waals surface area contributed by atoms with E-state index in [9.17, 15) is 19.5 Å². The third kappa shape index (κ3) is 4.46. The Labute approximate surface area is 217 Å². The van der Waals surface area contributed by atoms with Crippen LogP contribution in [0.15, 0.2) is 82.6 Å². The monoisotopic (exact) mass is 516 g/mol. The van der Waals surface area contributed by atoms with Gasteiger partial charge in [-0.2, -0.15) is 0 Å². The lowest BCUT2D eigenvalue weighted by atomic mass is 9.83. The first-order valence-electron chi connectivity index (χ1n) is 12.2. The van der Waals surface area contributed by atoms with Gasteiger partial charge in [0.1, 0.15) is 18.0 Å². The molecule has 2 aromatic carbocycles. The summed E-state index contributed by atoms with van der Waals surface area (Å²) in [6, 6.07) is 18.2. The molecule has 0 spiro atoms. The van der Waals surface area contributed by atoms with Crippen LogP contribution in [-0.4, -0.2) is 48.1 Å². The van der Waals surface area contributed by atoms with Crippen molar-refractivity contribution in [2.45, 2.75) is 44.2 Å². The lowest BCUT2D eigenvalue weighted by molar-refractivity contribution is -0.120. The molecular weight excluding hydrogens is 488 g/mol. The van der Waals surface area contributed by atoms with Crippen molar-refractivity contribution in [3.8, 4) is 0 Å². The topological polar surface area (TPSA) is 144 Å². The minimum atomic E-state index is -1.33. The van der Waals surface area contributed by atoms with E-state index < -0.39 is 35.2 Å². The fraction of sp³-hybridized carbons (Fsp3) is 0.296. The van der Waals surface area contributed by atoms with Crippen molar-refractivity contribution < 1.29 is 14.6 Å². The number of ether oxygens (including phenoxy) is 1. The molecule has 0 bridgehead atoms. The van der Waals surface area contributed by atoms with Crippen LogP contribution in [0.1, 0.15) is 42.4 Å². The highest BCUT2D eigenvalue weighted by Gasteiger charge is 2.44. The number of aromatic amines is 1. The molecule has 0 saturated carbocycles. The Balaban J connectivity index is 1.54. The summed E-state index contributed by atoms with van der Waals surface area (Å²) in [4.78, 5) is 39.9. The summed E-state index contributed by atoms with van der Waals surface area (Å²) in [6.45, 7) is 2.77. The van der Waals surface area contributed by atoms with E-state index in [1.165, 1.54) is 17.7 Å². The van der Waals surface area contributed by atoms with E-state index in [2.05, 4.69) is 20.6 Å². The number of rotatable bonds is 8. The first kappa shape index (κ1) is 25.3. The zero-order valence-electron chi connectivity index (χ0n) is 20.9. The number of aromatic nitrogens is 5. The second kappa shape index (κ2) is 10.2. The van der Waals surface area contributed by atoms with Crippen molar-refractivity contribution in [3.63, 3.8) is 0 Å². The van der Waals surface area contributed by atoms with Crippen molar-refractivity contribution in [1.29, 1.82) is 0 Å². The van der Waals surface area contributed by atoms with Crippen molar-refractivity contribution in [1.82, 2.24) is 24.5 Å². The fourth-order valence-corrected chi connectivity index (χ4v) is 4.92. The summed E-state index contributed by atoms with van der Waals surface area (Å²) >= 11 is 0. The number of H-pyrrole nitrogens is 1. The molecule has 1 saturated heterocycles. The number of nitrogens with zero attached hydrogens (tertiary/aromatic N) is 4. The molecule has 3 heterocycles. The van der Waals surface area contributed by atoms with Gasteiger partial charge < -0.3 is 15.2 Å². The molecule has 1 fully saturated rings. The third-order valence-corrected chi connectivity index (χ3v) is 6.92. The molecule has 3 N–H and O–H groups in total. The fourth-order valence-electron chi connectivity index (χ4n) is 4.92. The van der Waals surface area contributed by atoms with E-state index in [0.717, 1.165) is 5.69 Å². The van der Waals surface area contributed by atoms with E-state index in [1.54, 1.807) is 17.8 Å². The number of aliphatic hydroxyl groups is 1. The predicted octanol–water partition coefficient (Wildman–Crippen LogP) is 1.90. The van der Waals surface area contributed by atoms with Gasteiger partial charge in [-0.05, 0) is 31.5 Å². The van der Waals surface area contributed by atoms with Crippen molar-refractivity contribution >= 4 is 11.5 Å². The van der Waals surface area contributed by atoms with Gasteiger partial charge in [0.05, 0.1) is 18.8 Å². The van der Waals surface area contributed by atoms with E-state index in [0.29, 0.717) is 16.8 Å². The van der Waals surface area contributed by atoms with E-state index in [1.807, 2.05) is 60.7 Å². The zero-order valence-corrected chi connectivity index (χ0v) is 20.9. The number of carbonyl (C=O) groups excluding carboxylic acids is 1. The van der Waals surface area contributed by atoms with Gasteiger partial charge in [0.2, 0.25) is 0 Å². The lowest BCUT2D eigenvalue weighted by Crippen LogP contribution is -2.44. The lowest BCUT2D eigenvalue weighted by Gasteiger charge is -2.32. The summed E-state index contributed by atoms with van der Waals surface area (Å²) in [5.41, 5.74) is -0.244. The number of hydrogen-bond donors (Lipinski definition) is 3. The SMILES string of the molecule is CC(=O)[C@](Nc1ccccc1)(c1ccccc1)c1cn([C@H]2C[C@H](n3cc(C)c(=O)[nH]c3=O)O[C@@H]2CO)nn1. The molecule has 0 aliphatic carbocycles. The van der Waals surface area contributed by atoms with Gasteiger partial charge in [-0.25, -0.2) is 9.48 Å². The average Bonchev–Trinajstić information content (AvgIpc) is 3.58. The van der Waals surface area contributed by atoms with Crippen LogP contribution in [0, 0.1) is 6.92 Å². The molecule has 11 heteroatoms. The number of anilines is 1. The molecule has 0 radical (unpaired) electrons. The number of Topliss-reactive ketones (excluding diaryl/α,β-unsaturated/α-hetero) is 1. The molecule has 4 aromatic rings. The molecule has 4 atom stereocenters. The Kier molecular flexibility index (Phi) is 6.79. The van der Waals surface area contributed by atoms with Crippen LogP contribution in [0.25, 0.3) is 0 Å². The maximum Gasteiger partial charge on any atom is 0.330 e. The molecule has 0 unspecified atom stereocenters. The van der Waals surface area contributed by atoms with Crippen LogP contribution in [0.3, 0.4) is 0 Å². The Morgan fingerprint density at radius 3 is 2.47 bits per heavy atom. The summed E-state index contributed by atoms with van der Waals surface area (Å²) in [5, 5.41) is 22.2. The van der Waals surface area contributed by atoms with Crippen LogP contribution in [0.5, 0.6) is 0 Å². The predicted molar refractivity (Wildman–Crippen MR) is 139 cm³/mol. The zero-order chi connectivity index (χ0) is 26.9. The number of carbonyl (C=O) groups is 1. The van der Waals surface area contributed by atoms with Gasteiger partial charge in [-0.3, -0.25) is 19.1 Å². The molecule has 11 nitrogen and oxygen atoms in total. The molecular formula is C27H28N6O5. The normalized spacial score (nSPS) is 20.7. The number of ketones is 1. The minimum Gasteiger partial charge on any atom is -0.394 e. The van der Waals surface area contributed by atoms with E-state index in [4.69, 9.17) is 4.74 Å². The van der Waals surface area contributed by atoms with Gasteiger partial charge in [0.15, 0.2) is 11.3 Å². The quantitative estimate of drug-likeness (QED) is 0.322. The van der Waals surface area contributed by atoms with E-state index in [-0.39, 0.29) is 18.8 Å². The van der Waals surface area contributed by atoms with Gasteiger partial charge in [0.25, 0.3) is 5.56 Å². The second-order valence-corrected chi connectivity index (χ2v) is 9.34. The van der Waals surface area contributed by atoms with Gasteiger partial charge in [-0.1, -0.05) is 53.7 Å². The van der Waals surface area contributed by atoms with Gasteiger partial charge in [-0.15, -0.1) is 5.10 Å². The Morgan fingerprint density at radius 2 is 1.82 bits per heavy atom. The Morgan fingerprint density at radius 1 is 1.13 bits per heavy atom. The van der Waals surface area contributed by atoms with Crippen LogP contribution in [0.2, 0.25) is 0 Å². The summed E-state index contributed by atoms with van der Waals surface area (Å²) < 4.78 is 8.85. The number of benzene rings is 2. The van der Waals surface area contributed by atoms with Crippen LogP contribution < -0.4 is 16.6 Å². The molecule has 38 heavy (non-hydrogen) atoms. The number of aryl methyl sites for hydroxylation is 1. The molecule has 196 valence electrons. The second-order valence-electron chi connectivity index (χ2n) is 9.34. The van der Waals surface area contributed by atoms with Gasteiger partial charge in [0, 0.05) is 23.9 Å². The third-order valence-electron chi connectivity index (χ3n) is 6.92. The highest BCUT2D eigenvalue weighted by molar-refractivity contribution is 5.94. The Bertz CT molecular complexity index is 1550. The largest absolute Gasteiger partial charge is 0.394 e. The van der Waals surface area contributed by atoms with Crippen LogP contribution in [0.4, 0.5) is 5.69 Å². The van der Waals surface area contributed by atoms with Crippen LogP contribution >= 0.6 is 0 Å². The molecule has 1 aliphatic heterocycles. The standard InChI is InChI=1S/C27H28N6O5/c1-17-14-32(26(37)28-25(17)36)24-13-21(22(16-34)38-24)33-15-23(30-31-33)27(18(2)35,19-9-5-3-6-10-19)29-20-11-7-4-8-12-20/h3-12,14-15,21-22,24,29,34H,13,16H2,1-2H3,(H,28,36,37)/t21-,22+,24+,27-/m0/s1. The average molecular weight is 517 g/mol. The number of nitrogens with one attached hydrogen (secondary N) is 2. The summed E-state index contributed by atoms with van der Waals surface area (Å²) in [6.07, 6.45) is 1.96. The van der Waals surface area contributed by atoms with Crippen LogP contribution in [-0.2, 0) is 15.1 Å². The summed E-state index contributed by atoms with van der Waals surface area (Å²) in [5.74, 6) is -0.186. The van der Waals surface area contributed by atoms with Gasteiger partial charge >= 0.3 is 5.69 Å². The molecule has 0 amide bonds. The maximum atomic E-state index is 13.4. The first-order chi connectivity index (χ1) is 18.3. The maximum absolute atomic E-state index is 13.4. The number of para-hydroxylation sites is 1. The highest BCUT2D eigenvalue weighted by Crippen LogP contribution is 2.38. The van der Waals surface area contributed by atoms with Crippen molar-refractivity contribution in [2.75, 3.05) is 11.9 Å². The van der Waals surface area contributed by atoms with E-state index >= 15 is 0 Å². The summed E-state index contributed by atoms with van der Waals surface area (Å²) in [7, 11) is 0. The Hall–Kier alpha value is -4.35. The molecule has 2 aromatic heterocycles. The van der Waals surface area contributed by atoms with Crippen molar-refractivity contribution in [2.24, 2.45) is 0 Å². The molecule has 5 rings (SSSR count).